The maximum Gasteiger partial charge on any atom is 0.255 e. The van der Waals surface area contributed by atoms with E-state index < -0.39 is 26.0 Å². The summed E-state index contributed by atoms with van der Waals surface area (Å²) in [5.41, 5.74) is 1.000. The molecule has 1 heterocycles. The van der Waals surface area contributed by atoms with Crippen molar-refractivity contribution >= 4 is 31.6 Å². The molecule has 0 saturated carbocycles. The van der Waals surface area contributed by atoms with E-state index in [4.69, 9.17) is 0 Å². The van der Waals surface area contributed by atoms with Gasteiger partial charge in [-0.1, -0.05) is 26.0 Å². The van der Waals surface area contributed by atoms with E-state index in [-0.39, 0.29) is 27.2 Å². The van der Waals surface area contributed by atoms with Crippen LogP contribution in [0.2, 0.25) is 0 Å². The van der Waals surface area contributed by atoms with Gasteiger partial charge in [-0.15, -0.1) is 0 Å². The molecule has 0 aromatic heterocycles. The van der Waals surface area contributed by atoms with Gasteiger partial charge in [-0.25, -0.2) is 21.6 Å². The molecule has 0 spiro atoms. The van der Waals surface area contributed by atoms with Gasteiger partial charge in [0.1, 0.15) is 0 Å². The van der Waals surface area contributed by atoms with E-state index in [1.54, 1.807) is 19.1 Å². The van der Waals surface area contributed by atoms with Crippen LogP contribution >= 0.6 is 0 Å². The van der Waals surface area contributed by atoms with Crippen LogP contribution in [-0.2, 0) is 20.0 Å². The lowest BCUT2D eigenvalue weighted by atomic mass is 9.94. The highest BCUT2D eigenvalue weighted by Crippen LogP contribution is 2.27. The third-order valence-corrected chi connectivity index (χ3v) is 8.96. The quantitative estimate of drug-likeness (QED) is 0.662. The minimum Gasteiger partial charge on any atom is -0.322 e. The molecule has 2 aromatic carbocycles. The number of nitrogens with one attached hydrogen (secondary N) is 2. The largest absolute Gasteiger partial charge is 0.322 e. The summed E-state index contributed by atoms with van der Waals surface area (Å²) in [5.74, 6) is 0.00773. The maximum absolute atomic E-state index is 13.2. The number of sulfonamides is 2. The first kappa shape index (κ1) is 24.4. The summed E-state index contributed by atoms with van der Waals surface area (Å²) in [6.07, 6.45) is 0.982. The molecular weight excluding hydrogens is 450 g/mol. The highest BCUT2D eigenvalue weighted by molar-refractivity contribution is 7.89. The average molecular weight is 480 g/mol. The molecule has 0 aliphatic carbocycles. The van der Waals surface area contributed by atoms with Crippen molar-refractivity contribution in [2.24, 2.45) is 11.8 Å². The number of anilines is 1. The van der Waals surface area contributed by atoms with Crippen LogP contribution in [0.3, 0.4) is 0 Å². The van der Waals surface area contributed by atoms with Crippen molar-refractivity contribution in [1.82, 2.24) is 9.03 Å². The molecule has 1 saturated heterocycles. The van der Waals surface area contributed by atoms with Crippen LogP contribution in [-0.4, -0.2) is 47.2 Å². The Bertz CT molecular complexity index is 1220. The van der Waals surface area contributed by atoms with Crippen molar-refractivity contribution in [1.29, 1.82) is 0 Å². The van der Waals surface area contributed by atoms with Crippen molar-refractivity contribution in [2.75, 3.05) is 25.5 Å². The molecule has 2 atom stereocenters. The predicted molar refractivity (Wildman–Crippen MR) is 124 cm³/mol. The van der Waals surface area contributed by atoms with Crippen molar-refractivity contribution in [3.05, 3.63) is 53.6 Å². The summed E-state index contributed by atoms with van der Waals surface area (Å²) in [4.78, 5) is 12.9. The van der Waals surface area contributed by atoms with Crippen molar-refractivity contribution < 1.29 is 21.6 Å². The molecular formula is C22H29N3O5S2. The fourth-order valence-electron chi connectivity index (χ4n) is 4.03. The van der Waals surface area contributed by atoms with Crippen molar-refractivity contribution in [2.45, 2.75) is 37.0 Å². The first-order valence-corrected chi connectivity index (χ1v) is 13.3. The van der Waals surface area contributed by atoms with Crippen LogP contribution in [0.5, 0.6) is 0 Å². The summed E-state index contributed by atoms with van der Waals surface area (Å²) < 4.78 is 54.4. The Morgan fingerprint density at radius 2 is 1.66 bits per heavy atom. The SMILES string of the molecule is CNS(=O)(=O)c1cc(NC(=O)c2cccc(S(=O)(=O)N3C[C@H](C)C[C@@H](C)C3)c2)ccc1C. The van der Waals surface area contributed by atoms with E-state index in [1.807, 2.05) is 13.8 Å². The second-order valence-corrected chi connectivity index (χ2v) is 12.2. The number of amides is 1. The lowest BCUT2D eigenvalue weighted by molar-refractivity contribution is 0.102. The number of piperidine rings is 1. The fraction of sp³-hybridized carbons (Fsp3) is 0.409. The highest BCUT2D eigenvalue weighted by atomic mass is 32.2. The number of hydrogen-bond donors (Lipinski definition) is 2. The standard InChI is InChI=1S/C22H29N3O5S2/c1-15-10-16(2)14-25(13-15)32(29,30)20-7-5-6-18(11-20)22(26)24-19-9-8-17(3)21(12-19)31(27,28)23-4/h5-9,11-12,15-16,23H,10,13-14H2,1-4H3,(H,24,26)/t15-,16-/m1/s1. The number of carbonyl (C=O) groups excluding carboxylic acids is 1. The van der Waals surface area contributed by atoms with E-state index >= 15 is 0 Å². The molecule has 32 heavy (non-hydrogen) atoms. The molecule has 1 aliphatic rings. The Labute approximate surface area is 190 Å². The number of carbonyl (C=O) groups is 1. The summed E-state index contributed by atoms with van der Waals surface area (Å²) >= 11 is 0. The Balaban J connectivity index is 1.86. The van der Waals surface area contributed by atoms with Gasteiger partial charge in [0, 0.05) is 24.3 Å². The summed E-state index contributed by atoms with van der Waals surface area (Å²) in [6, 6.07) is 10.5. The second-order valence-electron chi connectivity index (χ2n) is 8.44. The zero-order valence-corrected chi connectivity index (χ0v) is 20.3. The van der Waals surface area contributed by atoms with Crippen LogP contribution in [0.15, 0.2) is 52.3 Å². The van der Waals surface area contributed by atoms with Crippen LogP contribution in [0, 0.1) is 18.8 Å². The van der Waals surface area contributed by atoms with Crippen LogP contribution < -0.4 is 10.0 Å². The van der Waals surface area contributed by atoms with E-state index in [2.05, 4.69) is 10.0 Å². The lowest BCUT2D eigenvalue weighted by Crippen LogP contribution is -2.42. The predicted octanol–water partition coefficient (Wildman–Crippen LogP) is 2.82. The molecule has 0 bridgehead atoms. The molecule has 10 heteroatoms. The zero-order chi connectivity index (χ0) is 23.7. The van der Waals surface area contributed by atoms with Gasteiger partial charge in [0.25, 0.3) is 5.91 Å². The smallest absolute Gasteiger partial charge is 0.255 e. The number of aryl methyl sites for hydroxylation is 1. The summed E-state index contributed by atoms with van der Waals surface area (Å²) in [5, 5.41) is 2.65. The van der Waals surface area contributed by atoms with Gasteiger partial charge in [0.2, 0.25) is 20.0 Å². The summed E-state index contributed by atoms with van der Waals surface area (Å²) in [7, 11) is -6.10. The van der Waals surface area contributed by atoms with Crippen LogP contribution in [0.25, 0.3) is 0 Å². The number of rotatable bonds is 6. The molecule has 1 aliphatic heterocycles. The molecule has 174 valence electrons. The number of hydrogen-bond acceptors (Lipinski definition) is 5. The van der Waals surface area contributed by atoms with Gasteiger partial charge in [0.15, 0.2) is 0 Å². The van der Waals surface area contributed by atoms with E-state index in [0.717, 1.165) is 6.42 Å². The van der Waals surface area contributed by atoms with Gasteiger partial charge in [-0.3, -0.25) is 4.79 Å². The summed E-state index contributed by atoms with van der Waals surface area (Å²) in [6.45, 7) is 6.63. The van der Waals surface area contributed by atoms with Gasteiger partial charge < -0.3 is 5.32 Å². The molecule has 3 rings (SSSR count). The zero-order valence-electron chi connectivity index (χ0n) is 18.6. The Kier molecular flexibility index (Phi) is 7.09. The van der Waals surface area contributed by atoms with Crippen molar-refractivity contribution in [3.63, 3.8) is 0 Å². The average Bonchev–Trinajstić information content (AvgIpc) is 2.74. The molecule has 2 N–H and O–H groups in total. The molecule has 1 amide bonds. The third kappa shape index (κ3) is 5.20. The monoisotopic (exact) mass is 479 g/mol. The number of benzene rings is 2. The van der Waals surface area contributed by atoms with Gasteiger partial charge >= 0.3 is 0 Å². The Morgan fingerprint density at radius 3 is 2.28 bits per heavy atom. The molecule has 8 nitrogen and oxygen atoms in total. The topological polar surface area (TPSA) is 113 Å². The minimum atomic E-state index is -3.73. The Hall–Kier alpha value is -2.27. The third-order valence-electron chi connectivity index (χ3n) is 5.57. The lowest BCUT2D eigenvalue weighted by Gasteiger charge is -2.34. The van der Waals surface area contributed by atoms with E-state index in [9.17, 15) is 21.6 Å². The van der Waals surface area contributed by atoms with Crippen LogP contribution in [0.1, 0.15) is 36.2 Å². The molecule has 0 radical (unpaired) electrons. The van der Waals surface area contributed by atoms with E-state index in [0.29, 0.717) is 24.3 Å². The van der Waals surface area contributed by atoms with Crippen molar-refractivity contribution in [3.8, 4) is 0 Å². The van der Waals surface area contributed by atoms with Gasteiger partial charge in [0.05, 0.1) is 9.79 Å². The molecule has 0 unspecified atom stereocenters. The first-order chi connectivity index (χ1) is 14.9. The normalized spacial score (nSPS) is 20.1. The fourth-order valence-corrected chi connectivity index (χ4v) is 6.75. The number of nitrogens with zero attached hydrogens (tertiary/aromatic N) is 1. The van der Waals surface area contributed by atoms with Crippen LogP contribution in [0.4, 0.5) is 5.69 Å². The van der Waals surface area contributed by atoms with Gasteiger partial charge in [-0.2, -0.15) is 4.31 Å². The van der Waals surface area contributed by atoms with Gasteiger partial charge in [-0.05, 0) is 68.1 Å². The second kappa shape index (κ2) is 9.30. The Morgan fingerprint density at radius 1 is 1.00 bits per heavy atom. The first-order valence-electron chi connectivity index (χ1n) is 10.4. The highest BCUT2D eigenvalue weighted by Gasteiger charge is 2.32. The molecule has 1 fully saturated rings. The molecule has 2 aromatic rings. The maximum atomic E-state index is 13.2. The van der Waals surface area contributed by atoms with E-state index in [1.165, 1.54) is 41.7 Å². The minimum absolute atomic E-state index is 0.0578.